The zero-order chi connectivity index (χ0) is 23.1. The zero-order valence-corrected chi connectivity index (χ0v) is 21.5. The molecule has 0 N–H and O–H groups in total. The molecule has 0 amide bonds. The molecule has 2 rings (SSSR count). The second kappa shape index (κ2) is 11.6. The molecular weight excluding hydrogens is 557 g/mol. The van der Waals surface area contributed by atoms with Crippen molar-refractivity contribution in [1.29, 1.82) is 0 Å². The van der Waals surface area contributed by atoms with Gasteiger partial charge in [-0.15, -0.1) is 0 Å². The summed E-state index contributed by atoms with van der Waals surface area (Å²) in [6.45, 7) is 8.93. The maximum absolute atomic E-state index is 11.2. The van der Waals surface area contributed by atoms with Gasteiger partial charge in [0.15, 0.2) is 0 Å². The highest BCUT2D eigenvalue weighted by Gasteiger charge is 2.26. The number of rotatable bonds is 12. The van der Waals surface area contributed by atoms with E-state index >= 15 is 0 Å². The number of nitro groups is 1. The molecule has 2 aromatic rings. The molecule has 31 heavy (non-hydrogen) atoms. The van der Waals surface area contributed by atoms with Crippen LogP contribution in [-0.4, -0.2) is 29.3 Å². The van der Waals surface area contributed by atoms with Crippen molar-refractivity contribution in [3.63, 3.8) is 0 Å². The van der Waals surface area contributed by atoms with Gasteiger partial charge >= 0.3 is 5.69 Å². The molecule has 0 aliphatic heterocycles. The number of nitro benzene ring substituents is 1. The Bertz CT molecular complexity index is 879. The smallest absolute Gasteiger partial charge is 0.313 e. The molecule has 0 bridgehead atoms. The minimum Gasteiger partial charge on any atom is -0.485 e. The quantitative estimate of drug-likeness (QED) is 0.0849. The van der Waals surface area contributed by atoms with Gasteiger partial charge in [-0.25, -0.2) is 0 Å². The fraction of sp³-hybridized carbons (Fsp3) is 0.429. The Hall–Kier alpha value is -1.27. The number of nitrogens with zero attached hydrogens (tertiary/aromatic N) is 1. The second-order valence-corrected chi connectivity index (χ2v) is 9.86. The molecular formula is C21H25ClINO6S. The van der Waals surface area contributed by atoms with E-state index in [2.05, 4.69) is 21.2 Å². The second-order valence-electron chi connectivity index (χ2n) is 7.99. The predicted octanol–water partition coefficient (Wildman–Crippen LogP) is 7.40. The van der Waals surface area contributed by atoms with Crippen molar-refractivity contribution in [3.05, 3.63) is 57.6 Å². The van der Waals surface area contributed by atoms with Crippen LogP contribution in [0.25, 0.3) is 0 Å². The Labute approximate surface area is 203 Å². The molecule has 170 valence electrons. The molecule has 7 nitrogen and oxygen atoms in total. The summed E-state index contributed by atoms with van der Waals surface area (Å²) in [4.78, 5) is 10.7. The maximum atomic E-state index is 11.2. The van der Waals surface area contributed by atoms with Crippen molar-refractivity contribution in [2.45, 2.75) is 45.3 Å². The number of benzene rings is 2. The van der Waals surface area contributed by atoms with Gasteiger partial charge in [0, 0.05) is 38.7 Å². The van der Waals surface area contributed by atoms with Crippen molar-refractivity contribution >= 4 is 47.7 Å². The lowest BCUT2D eigenvalue weighted by Gasteiger charge is -2.32. The topological polar surface area (TPSA) is 80.1 Å². The number of hydrogen-bond donors (Lipinski definition) is 0. The van der Waals surface area contributed by atoms with E-state index in [0.717, 1.165) is 6.42 Å². The Kier molecular flexibility index (Phi) is 9.68. The minimum atomic E-state index is -0.562. The van der Waals surface area contributed by atoms with E-state index in [1.54, 1.807) is 24.3 Å². The highest BCUT2D eigenvalue weighted by atomic mass is 127. The third-order valence-electron chi connectivity index (χ3n) is 4.21. The van der Waals surface area contributed by atoms with Crippen molar-refractivity contribution < 1.29 is 23.3 Å². The first-order valence-electron chi connectivity index (χ1n) is 9.46. The highest BCUT2D eigenvalue weighted by Crippen LogP contribution is 2.34. The molecule has 0 fully saturated rings. The predicted molar refractivity (Wildman–Crippen MR) is 132 cm³/mol. The SMILES string of the molecule is CC(C)(CCOSI)OCC(C)(C)Oc1ccc(Oc2ccc(Cl)cc2[N+](=O)[O-])cc1. The summed E-state index contributed by atoms with van der Waals surface area (Å²) in [6.07, 6.45) is 0.766. The van der Waals surface area contributed by atoms with Gasteiger partial charge in [-0.2, -0.15) is 0 Å². The molecule has 0 atom stereocenters. The Morgan fingerprint density at radius 2 is 1.71 bits per heavy atom. The van der Waals surface area contributed by atoms with Gasteiger partial charge < -0.3 is 18.4 Å². The van der Waals surface area contributed by atoms with Gasteiger partial charge in [0.05, 0.1) is 33.0 Å². The average Bonchev–Trinajstić information content (AvgIpc) is 2.69. The van der Waals surface area contributed by atoms with E-state index in [-0.39, 0.29) is 22.1 Å². The van der Waals surface area contributed by atoms with Gasteiger partial charge in [0.1, 0.15) is 17.1 Å². The lowest BCUT2D eigenvalue weighted by molar-refractivity contribution is -0.385. The lowest BCUT2D eigenvalue weighted by atomic mass is 10.0. The molecule has 0 spiro atoms. The average molecular weight is 582 g/mol. The molecule has 0 saturated heterocycles. The van der Waals surface area contributed by atoms with Gasteiger partial charge in [0.25, 0.3) is 0 Å². The molecule has 0 unspecified atom stereocenters. The van der Waals surface area contributed by atoms with Crippen LogP contribution in [0.5, 0.6) is 17.2 Å². The van der Waals surface area contributed by atoms with E-state index < -0.39 is 10.5 Å². The van der Waals surface area contributed by atoms with Crippen molar-refractivity contribution in [3.8, 4) is 17.2 Å². The van der Waals surface area contributed by atoms with Gasteiger partial charge in [-0.1, -0.05) is 11.6 Å². The van der Waals surface area contributed by atoms with Gasteiger partial charge in [-0.3, -0.25) is 10.1 Å². The van der Waals surface area contributed by atoms with Crippen LogP contribution in [0.2, 0.25) is 5.02 Å². The van der Waals surface area contributed by atoms with Crippen LogP contribution in [0.1, 0.15) is 34.1 Å². The van der Waals surface area contributed by atoms with Crippen LogP contribution < -0.4 is 9.47 Å². The normalized spacial score (nSPS) is 11.9. The Morgan fingerprint density at radius 1 is 1.06 bits per heavy atom. The fourth-order valence-electron chi connectivity index (χ4n) is 2.53. The monoisotopic (exact) mass is 581 g/mol. The standard InChI is InChI=1S/C21H25ClINO6S/c1-20(2,11-12-28-31-23)27-14-21(3,4)30-17-8-6-16(7-9-17)29-19-10-5-15(22)13-18(19)24(25)26/h5-10,13H,11-12,14H2,1-4H3. The lowest BCUT2D eigenvalue weighted by Crippen LogP contribution is -2.39. The fourth-order valence-corrected chi connectivity index (χ4v) is 3.38. The van der Waals surface area contributed by atoms with Crippen molar-refractivity contribution in [2.24, 2.45) is 0 Å². The summed E-state index contributed by atoms with van der Waals surface area (Å²) >= 11 is 7.93. The summed E-state index contributed by atoms with van der Waals surface area (Å²) in [6, 6.07) is 11.1. The molecule has 0 aliphatic carbocycles. The first-order valence-corrected chi connectivity index (χ1v) is 13.1. The molecule has 0 aliphatic rings. The van der Waals surface area contributed by atoms with Gasteiger partial charge in [0.2, 0.25) is 5.75 Å². The number of ether oxygens (including phenoxy) is 3. The zero-order valence-electron chi connectivity index (χ0n) is 17.7. The van der Waals surface area contributed by atoms with Crippen molar-refractivity contribution in [1.82, 2.24) is 0 Å². The van der Waals surface area contributed by atoms with E-state index in [9.17, 15) is 10.1 Å². The molecule has 0 aromatic heterocycles. The van der Waals surface area contributed by atoms with Gasteiger partial charge in [-0.05, 0) is 64.1 Å². The van der Waals surface area contributed by atoms with E-state index in [0.29, 0.717) is 24.7 Å². The largest absolute Gasteiger partial charge is 0.485 e. The maximum Gasteiger partial charge on any atom is 0.313 e. The van der Waals surface area contributed by atoms with Crippen LogP contribution in [0.4, 0.5) is 5.69 Å². The van der Waals surface area contributed by atoms with Crippen LogP contribution >= 0.6 is 42.0 Å². The van der Waals surface area contributed by atoms with Crippen LogP contribution in [0, 0.1) is 10.1 Å². The van der Waals surface area contributed by atoms with Crippen LogP contribution in [-0.2, 0) is 8.92 Å². The first-order chi connectivity index (χ1) is 14.5. The van der Waals surface area contributed by atoms with Crippen molar-refractivity contribution in [2.75, 3.05) is 13.2 Å². The third kappa shape index (κ3) is 9.01. The Balaban J connectivity index is 1.96. The Morgan fingerprint density at radius 3 is 2.32 bits per heavy atom. The van der Waals surface area contributed by atoms with Crippen LogP contribution in [0.15, 0.2) is 42.5 Å². The summed E-state index contributed by atoms with van der Waals surface area (Å²) in [5.74, 6) is 1.19. The minimum absolute atomic E-state index is 0.115. The van der Waals surface area contributed by atoms with E-state index in [1.807, 2.05) is 27.7 Å². The third-order valence-corrected chi connectivity index (χ3v) is 5.46. The summed E-state index contributed by atoms with van der Waals surface area (Å²) < 4.78 is 23.1. The number of hydrogen-bond acceptors (Lipinski definition) is 7. The molecule has 10 heteroatoms. The highest BCUT2D eigenvalue weighted by molar-refractivity contribution is 14.2. The van der Waals surface area contributed by atoms with Crippen LogP contribution in [0.3, 0.4) is 0 Å². The summed E-state index contributed by atoms with van der Waals surface area (Å²) in [5.41, 5.74) is -1.10. The molecule has 0 saturated carbocycles. The van der Waals surface area contributed by atoms with E-state index in [4.69, 9.17) is 30.0 Å². The summed E-state index contributed by atoms with van der Waals surface area (Å²) in [7, 11) is 1.31. The van der Waals surface area contributed by atoms with E-state index in [1.165, 1.54) is 27.4 Å². The number of halogens is 2. The summed E-state index contributed by atoms with van der Waals surface area (Å²) in [5, 5.41) is 11.5. The molecule has 0 radical (unpaired) electrons. The first kappa shape index (κ1) is 26.0. The molecule has 2 aromatic carbocycles. The molecule has 0 heterocycles.